The van der Waals surface area contributed by atoms with Gasteiger partial charge in [-0.2, -0.15) is 0 Å². The van der Waals surface area contributed by atoms with Gasteiger partial charge in [0.15, 0.2) is 11.6 Å². The van der Waals surface area contributed by atoms with Gasteiger partial charge in [-0.3, -0.25) is 9.59 Å². The number of Topliss-reactive ketones (excluding diaryl/α,β-unsaturated/α-hetero) is 2. The fraction of sp³-hybridized carbons (Fsp3) is 0.562. The van der Waals surface area contributed by atoms with Gasteiger partial charge < -0.3 is 11.5 Å². The van der Waals surface area contributed by atoms with E-state index < -0.39 is 17.4 Å². The average molecular weight is 326 g/mol. The van der Waals surface area contributed by atoms with Crippen LogP contribution >= 0.6 is 12.4 Å². The third kappa shape index (κ3) is 3.15. The Hall–Kier alpha value is -1.46. The number of allylic oxidation sites excluding steroid dienone is 3. The summed E-state index contributed by atoms with van der Waals surface area (Å²) in [5.74, 6) is -0.525. The van der Waals surface area contributed by atoms with Crippen molar-refractivity contribution in [2.75, 3.05) is 0 Å². The Labute approximate surface area is 137 Å². The number of carbonyl (C=O) groups excluding carboxylic acids is 2. The molecule has 0 radical (unpaired) electrons. The average Bonchev–Trinajstić information content (AvgIpc) is 2.49. The van der Waals surface area contributed by atoms with E-state index in [2.05, 4.69) is 4.99 Å². The Morgan fingerprint density at radius 2 is 2.05 bits per heavy atom. The smallest absolute Gasteiger partial charge is 0.168 e. The number of nitrogens with two attached hydrogens (primary N) is 2. The first-order chi connectivity index (χ1) is 9.65. The van der Waals surface area contributed by atoms with Crippen molar-refractivity contribution >= 4 is 29.8 Å². The second-order valence-electron chi connectivity index (χ2n) is 6.64. The molecule has 0 spiro atoms. The van der Waals surface area contributed by atoms with Crippen molar-refractivity contribution in [2.45, 2.75) is 40.2 Å². The highest BCUT2D eigenvalue weighted by Gasteiger charge is 2.41. The van der Waals surface area contributed by atoms with Crippen LogP contribution in [0.2, 0.25) is 0 Å². The van der Waals surface area contributed by atoms with Gasteiger partial charge in [-0.25, -0.2) is 4.99 Å². The van der Waals surface area contributed by atoms with Gasteiger partial charge >= 0.3 is 0 Å². The van der Waals surface area contributed by atoms with Gasteiger partial charge in [0.05, 0.1) is 17.7 Å². The molecule has 2 unspecified atom stereocenters. The van der Waals surface area contributed by atoms with Gasteiger partial charge in [0.1, 0.15) is 5.84 Å². The van der Waals surface area contributed by atoms with Crippen molar-refractivity contribution < 1.29 is 9.59 Å². The Morgan fingerprint density at radius 3 is 2.59 bits per heavy atom. The predicted molar refractivity (Wildman–Crippen MR) is 89.8 cm³/mol. The Bertz CT molecular complexity index is 588. The molecule has 2 aliphatic rings. The van der Waals surface area contributed by atoms with E-state index in [1.807, 2.05) is 20.8 Å². The SMILES string of the molecule is CC1C=CC2=C(C1=O)C(C(=O)[C@H](C)N)CC(C)(C)C(N)=N2.Cl. The molecule has 0 aromatic heterocycles. The maximum Gasteiger partial charge on any atom is 0.168 e. The molecular weight excluding hydrogens is 302 g/mol. The lowest BCUT2D eigenvalue weighted by Crippen LogP contribution is -2.40. The number of aliphatic imine (C=N–C) groups is 1. The third-order valence-electron chi connectivity index (χ3n) is 4.29. The molecule has 0 aromatic rings. The van der Waals surface area contributed by atoms with Gasteiger partial charge in [-0.15, -0.1) is 12.4 Å². The summed E-state index contributed by atoms with van der Waals surface area (Å²) in [6.45, 7) is 7.34. The number of nitrogens with zero attached hydrogens (tertiary/aromatic N) is 1. The third-order valence-corrected chi connectivity index (χ3v) is 4.29. The van der Waals surface area contributed by atoms with Gasteiger partial charge in [-0.1, -0.05) is 26.8 Å². The second-order valence-corrected chi connectivity index (χ2v) is 6.64. The maximum absolute atomic E-state index is 12.6. The molecule has 0 amide bonds. The van der Waals surface area contributed by atoms with Crippen LogP contribution in [0.15, 0.2) is 28.4 Å². The number of ketones is 2. The van der Waals surface area contributed by atoms with E-state index in [1.165, 1.54) is 0 Å². The summed E-state index contributed by atoms with van der Waals surface area (Å²) >= 11 is 0. The maximum atomic E-state index is 12.6. The number of rotatable bonds is 2. The van der Waals surface area contributed by atoms with E-state index in [1.54, 1.807) is 19.1 Å². The fourth-order valence-corrected chi connectivity index (χ4v) is 2.79. The first-order valence-electron chi connectivity index (χ1n) is 7.25. The van der Waals surface area contributed by atoms with Crippen molar-refractivity contribution in [1.29, 1.82) is 0 Å². The van der Waals surface area contributed by atoms with Crippen molar-refractivity contribution in [2.24, 2.45) is 33.7 Å². The zero-order valence-electron chi connectivity index (χ0n) is 13.4. The van der Waals surface area contributed by atoms with Crippen LogP contribution in [0.1, 0.15) is 34.1 Å². The van der Waals surface area contributed by atoms with Crippen LogP contribution in [0, 0.1) is 17.3 Å². The molecule has 1 aliphatic heterocycles. The van der Waals surface area contributed by atoms with E-state index >= 15 is 0 Å². The van der Waals surface area contributed by atoms with Crippen LogP contribution in [0.5, 0.6) is 0 Å². The number of amidine groups is 1. The van der Waals surface area contributed by atoms with Crippen molar-refractivity contribution in [1.82, 2.24) is 0 Å². The lowest BCUT2D eigenvalue weighted by molar-refractivity contribution is -0.126. The summed E-state index contributed by atoms with van der Waals surface area (Å²) in [5.41, 5.74) is 12.4. The first-order valence-corrected chi connectivity index (χ1v) is 7.25. The largest absolute Gasteiger partial charge is 0.387 e. The molecule has 0 fully saturated rings. The Kier molecular flexibility index (Phi) is 5.36. The van der Waals surface area contributed by atoms with E-state index in [9.17, 15) is 9.59 Å². The van der Waals surface area contributed by atoms with Crippen molar-refractivity contribution in [3.8, 4) is 0 Å². The zero-order valence-corrected chi connectivity index (χ0v) is 14.2. The molecule has 1 heterocycles. The molecule has 1 aliphatic carbocycles. The first kappa shape index (κ1) is 18.6. The molecule has 3 atom stereocenters. The minimum Gasteiger partial charge on any atom is -0.387 e. The van der Waals surface area contributed by atoms with E-state index in [4.69, 9.17) is 11.5 Å². The molecule has 5 nitrogen and oxygen atoms in total. The molecule has 0 saturated heterocycles. The molecule has 0 aromatic carbocycles. The lowest BCUT2D eigenvalue weighted by Gasteiger charge is -2.29. The predicted octanol–water partition coefficient (Wildman–Crippen LogP) is 1.76. The van der Waals surface area contributed by atoms with Crippen molar-refractivity contribution in [3.63, 3.8) is 0 Å². The second kappa shape index (κ2) is 6.34. The number of hydrogen-bond acceptors (Lipinski definition) is 5. The standard InChI is InChI=1S/C16H23N3O2.ClH/c1-8-5-6-11-12(13(8)20)10(14(21)9(2)17)7-16(3,4)15(18)19-11;/h5-6,8-10H,7,17H2,1-4H3,(H2,18,19);1H/t8?,9-,10?;/m0./s1. The fourth-order valence-electron chi connectivity index (χ4n) is 2.79. The summed E-state index contributed by atoms with van der Waals surface area (Å²) in [6, 6.07) is -0.618. The summed E-state index contributed by atoms with van der Waals surface area (Å²) in [5, 5.41) is 0. The summed E-state index contributed by atoms with van der Waals surface area (Å²) in [7, 11) is 0. The quantitative estimate of drug-likeness (QED) is 0.808. The van der Waals surface area contributed by atoms with Crippen LogP contribution in [-0.2, 0) is 9.59 Å². The highest BCUT2D eigenvalue weighted by Crippen LogP contribution is 2.39. The highest BCUT2D eigenvalue weighted by atomic mass is 35.5. The van der Waals surface area contributed by atoms with Crippen LogP contribution in [0.3, 0.4) is 0 Å². The number of halogens is 1. The van der Waals surface area contributed by atoms with Gasteiger partial charge in [-0.05, 0) is 19.4 Å². The molecular formula is C16H24ClN3O2. The minimum atomic E-state index is -0.618. The normalized spacial score (nSPS) is 28.2. The summed E-state index contributed by atoms with van der Waals surface area (Å²) in [6.07, 6.45) is 4.04. The van der Waals surface area contributed by atoms with Crippen molar-refractivity contribution in [3.05, 3.63) is 23.4 Å². The Morgan fingerprint density at radius 1 is 1.45 bits per heavy atom. The highest BCUT2D eigenvalue weighted by molar-refractivity contribution is 6.07. The summed E-state index contributed by atoms with van der Waals surface area (Å²) in [4.78, 5) is 29.5. The molecule has 0 bridgehead atoms. The molecule has 4 N–H and O–H groups in total. The molecule has 2 rings (SSSR count). The van der Waals surface area contributed by atoms with Crippen LogP contribution < -0.4 is 11.5 Å². The van der Waals surface area contributed by atoms with Crippen LogP contribution in [0.4, 0.5) is 0 Å². The number of carbonyl (C=O) groups is 2. The molecule has 0 saturated carbocycles. The minimum absolute atomic E-state index is 0. The van der Waals surface area contributed by atoms with Crippen LogP contribution in [-0.4, -0.2) is 23.4 Å². The Balaban J connectivity index is 0.00000242. The van der Waals surface area contributed by atoms with E-state index in [0.717, 1.165) is 0 Å². The number of hydrogen-bond donors (Lipinski definition) is 2. The monoisotopic (exact) mass is 325 g/mol. The molecule has 6 heteroatoms. The van der Waals surface area contributed by atoms with Gasteiger partial charge in [0.2, 0.25) is 0 Å². The lowest BCUT2D eigenvalue weighted by atomic mass is 9.73. The summed E-state index contributed by atoms with van der Waals surface area (Å²) < 4.78 is 0. The molecule has 22 heavy (non-hydrogen) atoms. The van der Waals surface area contributed by atoms with Gasteiger partial charge in [0, 0.05) is 16.9 Å². The topological polar surface area (TPSA) is 98.5 Å². The van der Waals surface area contributed by atoms with Gasteiger partial charge in [0.25, 0.3) is 0 Å². The molecule has 122 valence electrons. The zero-order chi connectivity index (χ0) is 15.9. The van der Waals surface area contributed by atoms with Crippen LogP contribution in [0.25, 0.3) is 0 Å². The van der Waals surface area contributed by atoms with E-state index in [-0.39, 0.29) is 29.9 Å². The van der Waals surface area contributed by atoms with E-state index in [0.29, 0.717) is 23.5 Å².